The number of nitrogens with one attached hydrogen (secondary N) is 2. The van der Waals surface area contributed by atoms with E-state index < -0.39 is 15.9 Å². The van der Waals surface area contributed by atoms with Gasteiger partial charge in [0.1, 0.15) is 6.07 Å². The summed E-state index contributed by atoms with van der Waals surface area (Å²) in [6.07, 6.45) is 1.52. The van der Waals surface area contributed by atoms with Gasteiger partial charge in [0.25, 0.3) is 15.9 Å². The molecule has 0 aromatic heterocycles. The summed E-state index contributed by atoms with van der Waals surface area (Å²) in [6.45, 7) is 3.76. The third-order valence-corrected chi connectivity index (χ3v) is 4.87. The lowest BCUT2D eigenvalue weighted by atomic mass is 10.1. The molecule has 2 aromatic carbocycles. The lowest BCUT2D eigenvalue weighted by Gasteiger charge is -2.12. The minimum Gasteiger partial charge on any atom is -0.349 e. The number of para-hydroxylation sites is 1. The number of halogens is 1. The van der Waals surface area contributed by atoms with Gasteiger partial charge >= 0.3 is 0 Å². The van der Waals surface area contributed by atoms with Crippen molar-refractivity contribution in [1.29, 1.82) is 5.26 Å². The van der Waals surface area contributed by atoms with Crippen molar-refractivity contribution in [1.82, 2.24) is 5.32 Å². The highest BCUT2D eigenvalue weighted by Crippen LogP contribution is 2.24. The number of nitriles is 1. The van der Waals surface area contributed by atoms with Crippen LogP contribution in [-0.2, 0) is 10.0 Å². The molecule has 2 aromatic rings. The van der Waals surface area contributed by atoms with Crippen LogP contribution in [0.5, 0.6) is 0 Å². The fourth-order valence-electron chi connectivity index (χ4n) is 1.99. The van der Waals surface area contributed by atoms with Crippen LogP contribution in [0.3, 0.4) is 0 Å². The maximum atomic E-state index is 12.5. The van der Waals surface area contributed by atoms with Crippen molar-refractivity contribution in [3.8, 4) is 6.07 Å². The number of hydrogen-bond donors (Lipinski definition) is 2. The molecule has 8 heteroatoms. The van der Waals surface area contributed by atoms with E-state index in [-0.39, 0.29) is 33.3 Å². The molecule has 2 N–H and O–H groups in total. The second-order valence-corrected chi connectivity index (χ2v) is 6.99. The van der Waals surface area contributed by atoms with Gasteiger partial charge in [-0.05, 0) is 30.3 Å². The van der Waals surface area contributed by atoms with E-state index in [1.54, 1.807) is 12.1 Å². The average molecular weight is 376 g/mol. The van der Waals surface area contributed by atoms with Gasteiger partial charge in [-0.25, -0.2) is 8.42 Å². The molecular weight excluding hydrogens is 362 g/mol. The van der Waals surface area contributed by atoms with Crippen LogP contribution in [0, 0.1) is 11.3 Å². The quantitative estimate of drug-likeness (QED) is 0.758. The lowest BCUT2D eigenvalue weighted by molar-refractivity contribution is 0.0959. The van der Waals surface area contributed by atoms with Crippen molar-refractivity contribution < 1.29 is 13.2 Å². The van der Waals surface area contributed by atoms with Gasteiger partial charge in [-0.3, -0.25) is 9.52 Å². The van der Waals surface area contributed by atoms with Crippen molar-refractivity contribution in [2.24, 2.45) is 0 Å². The molecule has 25 heavy (non-hydrogen) atoms. The predicted octanol–water partition coefficient (Wildman–Crippen LogP) is 2.93. The Kier molecular flexibility index (Phi) is 5.80. The first-order valence-corrected chi connectivity index (χ1v) is 8.95. The topological polar surface area (TPSA) is 99.1 Å². The highest BCUT2D eigenvalue weighted by molar-refractivity contribution is 7.92. The molecule has 128 valence electrons. The lowest BCUT2D eigenvalue weighted by Crippen LogP contribution is -2.25. The Labute approximate surface area is 150 Å². The van der Waals surface area contributed by atoms with Crippen LogP contribution in [0.4, 0.5) is 5.69 Å². The molecule has 0 aliphatic carbocycles. The minimum absolute atomic E-state index is 0.0300. The Morgan fingerprint density at radius 1 is 1.28 bits per heavy atom. The molecule has 0 saturated heterocycles. The van der Waals surface area contributed by atoms with Gasteiger partial charge in [0, 0.05) is 6.54 Å². The molecule has 0 unspecified atom stereocenters. The zero-order chi connectivity index (χ0) is 18.4. The van der Waals surface area contributed by atoms with E-state index in [0.29, 0.717) is 0 Å². The molecule has 0 atom stereocenters. The number of carbonyl (C=O) groups excluding carboxylic acids is 1. The van der Waals surface area contributed by atoms with Crippen LogP contribution < -0.4 is 10.0 Å². The molecule has 0 radical (unpaired) electrons. The van der Waals surface area contributed by atoms with Gasteiger partial charge in [-0.15, -0.1) is 6.58 Å². The molecule has 2 rings (SSSR count). The highest BCUT2D eigenvalue weighted by atomic mass is 35.5. The van der Waals surface area contributed by atoms with Crippen LogP contribution in [0.1, 0.15) is 15.9 Å². The summed E-state index contributed by atoms with van der Waals surface area (Å²) in [4.78, 5) is 12.0. The Morgan fingerprint density at radius 2 is 2.00 bits per heavy atom. The standard InChI is InChI=1S/C17H14ClN3O3S/c1-2-9-20-17(22)14-5-3-4-6-16(14)21-25(23,24)13-8-7-12(11-19)15(18)10-13/h2-8,10,21H,1,9H2,(H,20,22). The third kappa shape index (κ3) is 4.38. The fourth-order valence-corrected chi connectivity index (χ4v) is 3.38. The number of benzene rings is 2. The second-order valence-electron chi connectivity index (χ2n) is 4.90. The van der Waals surface area contributed by atoms with Crippen molar-refractivity contribution in [2.75, 3.05) is 11.3 Å². The first-order valence-electron chi connectivity index (χ1n) is 7.09. The summed E-state index contributed by atoms with van der Waals surface area (Å²) in [7, 11) is -3.98. The largest absolute Gasteiger partial charge is 0.349 e. The van der Waals surface area contributed by atoms with Crippen molar-refractivity contribution in [3.63, 3.8) is 0 Å². The molecule has 6 nitrogen and oxygen atoms in total. The minimum atomic E-state index is -3.98. The van der Waals surface area contributed by atoms with E-state index in [9.17, 15) is 13.2 Å². The number of amides is 1. The molecular formula is C17H14ClN3O3S. The van der Waals surface area contributed by atoms with E-state index in [0.717, 1.165) is 0 Å². The normalized spacial score (nSPS) is 10.6. The summed E-state index contributed by atoms with van der Waals surface area (Å²) in [5, 5.41) is 11.5. The SMILES string of the molecule is C=CCNC(=O)c1ccccc1NS(=O)(=O)c1ccc(C#N)c(Cl)c1. The Hall–Kier alpha value is -2.82. The van der Waals surface area contributed by atoms with E-state index >= 15 is 0 Å². The molecule has 0 fully saturated rings. The smallest absolute Gasteiger partial charge is 0.261 e. The van der Waals surface area contributed by atoms with Crippen LogP contribution in [0.15, 0.2) is 60.0 Å². The summed E-state index contributed by atoms with van der Waals surface area (Å²) in [5.41, 5.74) is 0.474. The molecule has 1 amide bonds. The third-order valence-electron chi connectivity index (χ3n) is 3.19. The van der Waals surface area contributed by atoms with Gasteiger partial charge in [-0.2, -0.15) is 5.26 Å². The first-order chi connectivity index (χ1) is 11.9. The monoisotopic (exact) mass is 375 g/mol. The van der Waals surface area contributed by atoms with Crippen LogP contribution in [0.2, 0.25) is 5.02 Å². The van der Waals surface area contributed by atoms with E-state index in [1.807, 2.05) is 6.07 Å². The Balaban J connectivity index is 2.36. The summed E-state index contributed by atoms with van der Waals surface area (Å²) in [6, 6.07) is 11.8. The summed E-state index contributed by atoms with van der Waals surface area (Å²) >= 11 is 5.89. The van der Waals surface area contributed by atoms with Gasteiger partial charge < -0.3 is 5.32 Å². The maximum Gasteiger partial charge on any atom is 0.261 e. The number of carbonyl (C=O) groups is 1. The summed E-state index contributed by atoms with van der Waals surface area (Å²) in [5.74, 6) is -0.434. The molecule has 0 heterocycles. The fraction of sp³-hybridized carbons (Fsp3) is 0.0588. The van der Waals surface area contributed by atoms with E-state index in [1.165, 1.54) is 36.4 Å². The average Bonchev–Trinajstić information content (AvgIpc) is 2.59. The van der Waals surface area contributed by atoms with E-state index in [2.05, 4.69) is 16.6 Å². The first kappa shape index (κ1) is 18.5. The van der Waals surface area contributed by atoms with Crippen LogP contribution in [0.25, 0.3) is 0 Å². The van der Waals surface area contributed by atoms with Gasteiger partial charge in [0.05, 0.1) is 26.7 Å². The zero-order valence-corrected chi connectivity index (χ0v) is 14.6. The summed E-state index contributed by atoms with van der Waals surface area (Å²) < 4.78 is 27.5. The van der Waals surface area contributed by atoms with Gasteiger partial charge in [-0.1, -0.05) is 29.8 Å². The number of anilines is 1. The van der Waals surface area contributed by atoms with Gasteiger partial charge in [0.15, 0.2) is 0 Å². The van der Waals surface area contributed by atoms with Crippen molar-refractivity contribution in [3.05, 3.63) is 71.3 Å². The van der Waals surface area contributed by atoms with Crippen LogP contribution in [-0.4, -0.2) is 20.9 Å². The second kappa shape index (κ2) is 7.83. The molecule has 0 saturated carbocycles. The number of sulfonamides is 1. The molecule has 0 bridgehead atoms. The predicted molar refractivity (Wildman–Crippen MR) is 95.9 cm³/mol. The zero-order valence-electron chi connectivity index (χ0n) is 13.0. The Morgan fingerprint density at radius 3 is 2.64 bits per heavy atom. The van der Waals surface area contributed by atoms with Crippen molar-refractivity contribution >= 4 is 33.2 Å². The Bertz CT molecular complexity index is 965. The number of nitrogens with zero attached hydrogens (tertiary/aromatic N) is 1. The number of hydrogen-bond acceptors (Lipinski definition) is 4. The molecule has 0 aliphatic rings. The maximum absolute atomic E-state index is 12.5. The number of rotatable bonds is 6. The van der Waals surface area contributed by atoms with Crippen LogP contribution >= 0.6 is 11.6 Å². The molecule has 0 spiro atoms. The van der Waals surface area contributed by atoms with Gasteiger partial charge in [0.2, 0.25) is 0 Å². The molecule has 0 aliphatic heterocycles. The van der Waals surface area contributed by atoms with Crippen molar-refractivity contribution in [2.45, 2.75) is 4.90 Å². The highest BCUT2D eigenvalue weighted by Gasteiger charge is 2.19. The van der Waals surface area contributed by atoms with E-state index in [4.69, 9.17) is 16.9 Å².